The molecule has 1 N–H and O–H groups in total. The third-order valence-electron chi connectivity index (χ3n) is 6.13. The standard InChI is InChI=1S/C28H24FN5O3/c1-33-13-10-20-15-23(7-8-25(20)33)34(28(36)24-17-37-18-32-24)26(21-5-3-11-30-16-21)27(35)31-12-9-19-4-2-6-22(29)14-19/h2-8,10-11,13-18,26H,9,12H2,1H3,(H,31,35). The number of carbonyl (C=O) groups is 2. The number of nitrogens with one attached hydrogen (secondary N) is 1. The zero-order chi connectivity index (χ0) is 25.8. The monoisotopic (exact) mass is 497 g/mol. The van der Waals surface area contributed by atoms with Crippen LogP contribution in [0.15, 0.2) is 96.3 Å². The number of nitrogens with zero attached hydrogens (tertiary/aromatic N) is 4. The minimum absolute atomic E-state index is 0.0645. The highest BCUT2D eigenvalue weighted by Gasteiger charge is 2.34. The predicted octanol–water partition coefficient (Wildman–Crippen LogP) is 4.45. The summed E-state index contributed by atoms with van der Waals surface area (Å²) in [6, 6.07) is 16.1. The van der Waals surface area contributed by atoms with Crippen LogP contribution in [-0.2, 0) is 18.3 Å². The first kappa shape index (κ1) is 23.9. The smallest absolute Gasteiger partial charge is 0.281 e. The fraction of sp³-hybridized carbons (Fsp3) is 0.143. The Morgan fingerprint density at radius 3 is 2.78 bits per heavy atom. The summed E-state index contributed by atoms with van der Waals surface area (Å²) >= 11 is 0. The largest absolute Gasteiger partial charge is 0.451 e. The number of aryl methyl sites for hydroxylation is 1. The van der Waals surface area contributed by atoms with Crippen molar-refractivity contribution >= 4 is 28.4 Å². The van der Waals surface area contributed by atoms with Crippen LogP contribution in [0, 0.1) is 5.82 Å². The molecular weight excluding hydrogens is 473 g/mol. The van der Waals surface area contributed by atoms with Gasteiger partial charge in [-0.2, -0.15) is 0 Å². The van der Waals surface area contributed by atoms with Gasteiger partial charge in [0.1, 0.15) is 18.1 Å². The highest BCUT2D eigenvalue weighted by molar-refractivity contribution is 6.09. The maximum atomic E-state index is 13.8. The lowest BCUT2D eigenvalue weighted by Crippen LogP contribution is -2.44. The summed E-state index contributed by atoms with van der Waals surface area (Å²) in [5.74, 6) is -1.25. The summed E-state index contributed by atoms with van der Waals surface area (Å²) in [5, 5.41) is 3.82. The summed E-state index contributed by atoms with van der Waals surface area (Å²) in [6.45, 7) is 0.253. The first-order chi connectivity index (χ1) is 18.0. The topological polar surface area (TPSA) is 93.3 Å². The van der Waals surface area contributed by atoms with E-state index in [0.29, 0.717) is 17.7 Å². The summed E-state index contributed by atoms with van der Waals surface area (Å²) < 4.78 is 20.6. The molecule has 0 fully saturated rings. The highest BCUT2D eigenvalue weighted by atomic mass is 19.1. The van der Waals surface area contributed by atoms with E-state index >= 15 is 0 Å². The molecule has 3 heterocycles. The van der Waals surface area contributed by atoms with Gasteiger partial charge in [0.05, 0.1) is 0 Å². The Bertz CT molecular complexity index is 1530. The van der Waals surface area contributed by atoms with Crippen LogP contribution in [0.5, 0.6) is 0 Å². The number of pyridine rings is 1. The Labute approximate surface area is 212 Å². The Kier molecular flexibility index (Phi) is 6.76. The number of rotatable bonds is 8. The second kappa shape index (κ2) is 10.4. The van der Waals surface area contributed by atoms with Gasteiger partial charge in [0.15, 0.2) is 12.1 Å². The van der Waals surface area contributed by atoms with Crippen molar-refractivity contribution in [1.29, 1.82) is 0 Å². The average molecular weight is 498 g/mol. The van der Waals surface area contributed by atoms with Crippen molar-refractivity contribution < 1.29 is 18.4 Å². The molecule has 37 heavy (non-hydrogen) atoms. The third kappa shape index (κ3) is 5.11. The van der Waals surface area contributed by atoms with Crippen molar-refractivity contribution in [3.05, 3.63) is 115 Å². The van der Waals surface area contributed by atoms with Crippen LogP contribution in [0.25, 0.3) is 10.9 Å². The van der Waals surface area contributed by atoms with E-state index in [-0.39, 0.29) is 18.1 Å². The summed E-state index contributed by atoms with van der Waals surface area (Å²) in [5.41, 5.74) is 2.84. The van der Waals surface area contributed by atoms with E-state index in [0.717, 1.165) is 16.5 Å². The summed E-state index contributed by atoms with van der Waals surface area (Å²) in [4.78, 5) is 37.1. The number of carbonyl (C=O) groups excluding carboxylic acids is 2. The number of oxazole rings is 1. The zero-order valence-corrected chi connectivity index (χ0v) is 20.0. The van der Waals surface area contributed by atoms with Crippen LogP contribution < -0.4 is 10.2 Å². The van der Waals surface area contributed by atoms with Crippen LogP contribution in [0.4, 0.5) is 10.1 Å². The van der Waals surface area contributed by atoms with Gasteiger partial charge < -0.3 is 14.3 Å². The summed E-state index contributed by atoms with van der Waals surface area (Å²) in [6.07, 6.45) is 7.93. The molecule has 2 amide bonds. The second-order valence-electron chi connectivity index (χ2n) is 8.58. The summed E-state index contributed by atoms with van der Waals surface area (Å²) in [7, 11) is 1.94. The molecule has 5 rings (SSSR count). The number of anilines is 1. The molecule has 0 bridgehead atoms. The number of hydrogen-bond donors (Lipinski definition) is 1. The number of hydrogen-bond acceptors (Lipinski definition) is 5. The maximum Gasteiger partial charge on any atom is 0.281 e. The second-order valence-corrected chi connectivity index (χ2v) is 8.58. The van der Waals surface area contributed by atoms with Crippen LogP contribution in [0.1, 0.15) is 27.7 Å². The van der Waals surface area contributed by atoms with Gasteiger partial charge in [-0.05, 0) is 54.4 Å². The van der Waals surface area contributed by atoms with Gasteiger partial charge >= 0.3 is 0 Å². The Hall–Kier alpha value is -4.79. The molecule has 8 nitrogen and oxygen atoms in total. The molecular formula is C28H24FN5O3. The van der Waals surface area contributed by atoms with Crippen molar-refractivity contribution in [2.75, 3.05) is 11.4 Å². The van der Waals surface area contributed by atoms with E-state index in [2.05, 4.69) is 15.3 Å². The van der Waals surface area contributed by atoms with Gasteiger partial charge in [0, 0.05) is 54.3 Å². The first-order valence-corrected chi connectivity index (χ1v) is 11.7. The van der Waals surface area contributed by atoms with Gasteiger partial charge in [0.2, 0.25) is 5.91 Å². The lowest BCUT2D eigenvalue weighted by molar-refractivity contribution is -0.122. The number of fused-ring (bicyclic) bond motifs is 1. The quantitative estimate of drug-likeness (QED) is 0.342. The molecule has 1 atom stereocenters. The van der Waals surface area contributed by atoms with Crippen molar-refractivity contribution in [1.82, 2.24) is 19.9 Å². The molecule has 1 unspecified atom stereocenters. The molecule has 0 aliphatic rings. The molecule has 0 spiro atoms. The Balaban J connectivity index is 1.52. The lowest BCUT2D eigenvalue weighted by atomic mass is 10.0. The molecule has 0 aliphatic carbocycles. The Morgan fingerprint density at radius 1 is 1.14 bits per heavy atom. The van der Waals surface area contributed by atoms with Gasteiger partial charge in [0.25, 0.3) is 5.91 Å². The van der Waals surface area contributed by atoms with Crippen molar-refractivity contribution in [3.63, 3.8) is 0 Å². The molecule has 186 valence electrons. The van der Waals surface area contributed by atoms with Gasteiger partial charge in [-0.1, -0.05) is 18.2 Å². The van der Waals surface area contributed by atoms with Crippen molar-refractivity contribution in [2.45, 2.75) is 12.5 Å². The van der Waals surface area contributed by atoms with Crippen LogP contribution in [0.2, 0.25) is 0 Å². The van der Waals surface area contributed by atoms with Crippen LogP contribution in [0.3, 0.4) is 0 Å². The minimum atomic E-state index is -1.05. The van der Waals surface area contributed by atoms with Crippen LogP contribution in [-0.4, -0.2) is 32.9 Å². The molecule has 0 saturated carbocycles. The molecule has 3 aromatic heterocycles. The molecule has 0 radical (unpaired) electrons. The fourth-order valence-electron chi connectivity index (χ4n) is 4.32. The van der Waals surface area contributed by atoms with Crippen LogP contribution >= 0.6 is 0 Å². The average Bonchev–Trinajstić information content (AvgIpc) is 3.57. The molecule has 5 aromatic rings. The van der Waals surface area contributed by atoms with E-state index in [4.69, 9.17) is 4.42 Å². The van der Waals surface area contributed by atoms with E-state index in [9.17, 15) is 14.0 Å². The fourth-order valence-corrected chi connectivity index (χ4v) is 4.32. The number of benzene rings is 2. The number of halogens is 1. The van der Waals surface area contributed by atoms with E-state index in [1.807, 2.05) is 36.0 Å². The normalized spacial score (nSPS) is 11.8. The molecule has 2 aromatic carbocycles. The van der Waals surface area contributed by atoms with Gasteiger partial charge in [-0.3, -0.25) is 19.5 Å². The van der Waals surface area contributed by atoms with Crippen molar-refractivity contribution in [2.24, 2.45) is 7.05 Å². The Morgan fingerprint density at radius 2 is 2.03 bits per heavy atom. The van der Waals surface area contributed by atoms with Gasteiger partial charge in [-0.15, -0.1) is 0 Å². The molecule has 0 aliphatic heterocycles. The number of amides is 2. The lowest BCUT2D eigenvalue weighted by Gasteiger charge is -2.31. The van der Waals surface area contributed by atoms with E-state index in [1.165, 1.54) is 29.7 Å². The SMILES string of the molecule is Cn1ccc2cc(N(C(=O)c3cocn3)C(C(=O)NCCc3cccc(F)c3)c3cccnc3)ccc21. The maximum absolute atomic E-state index is 13.8. The minimum Gasteiger partial charge on any atom is -0.451 e. The third-order valence-corrected chi connectivity index (χ3v) is 6.13. The number of aromatic nitrogens is 3. The molecule has 9 heteroatoms. The predicted molar refractivity (Wildman–Crippen MR) is 136 cm³/mol. The van der Waals surface area contributed by atoms with E-state index in [1.54, 1.807) is 42.7 Å². The van der Waals surface area contributed by atoms with Crippen molar-refractivity contribution in [3.8, 4) is 0 Å². The highest BCUT2D eigenvalue weighted by Crippen LogP contribution is 2.32. The van der Waals surface area contributed by atoms with E-state index < -0.39 is 17.9 Å². The first-order valence-electron chi connectivity index (χ1n) is 11.7. The van der Waals surface area contributed by atoms with Gasteiger partial charge in [-0.25, -0.2) is 9.37 Å². The molecule has 0 saturated heterocycles. The zero-order valence-electron chi connectivity index (χ0n) is 20.0.